The predicted molar refractivity (Wildman–Crippen MR) is 62.7 cm³/mol. The molecule has 0 saturated carbocycles. The Morgan fingerprint density at radius 2 is 1.95 bits per heavy atom. The monoisotopic (exact) mass is 284 g/mol. The maximum atomic E-state index is 12.1. The predicted octanol–water partition coefficient (Wildman–Crippen LogP) is 2.08. The lowest BCUT2D eigenvalue weighted by Gasteiger charge is -2.22. The Morgan fingerprint density at radius 3 is 2.37 bits per heavy atom. The summed E-state index contributed by atoms with van der Waals surface area (Å²) in [5, 5.41) is 11.0. The minimum Gasteiger partial charge on any atom is -0.481 e. The molecule has 0 heterocycles. The first-order valence-corrected chi connectivity index (χ1v) is 5.99. The van der Waals surface area contributed by atoms with E-state index in [1.165, 1.54) is 13.8 Å². The van der Waals surface area contributed by atoms with Crippen LogP contribution in [-0.4, -0.2) is 47.8 Å². The van der Waals surface area contributed by atoms with Crippen LogP contribution in [0, 0.1) is 5.92 Å². The molecule has 0 aliphatic rings. The van der Waals surface area contributed by atoms with Gasteiger partial charge >= 0.3 is 18.2 Å². The van der Waals surface area contributed by atoms with Gasteiger partial charge in [-0.05, 0) is 19.8 Å². The standard InChI is InChI=1S/C11H19F3N2O3/c1-3-16(7-11(12,13)14)10(19)15-6-4-5-8(2)9(17)18/h8H,3-7H2,1-2H3,(H,15,19)(H,17,18). The van der Waals surface area contributed by atoms with E-state index in [1.807, 2.05) is 0 Å². The smallest absolute Gasteiger partial charge is 0.406 e. The molecule has 0 aromatic rings. The fourth-order valence-corrected chi connectivity index (χ4v) is 1.38. The van der Waals surface area contributed by atoms with Crippen LogP contribution in [0.4, 0.5) is 18.0 Å². The number of amides is 2. The molecule has 0 bridgehead atoms. The van der Waals surface area contributed by atoms with Gasteiger partial charge in [-0.15, -0.1) is 0 Å². The van der Waals surface area contributed by atoms with E-state index >= 15 is 0 Å². The molecular formula is C11H19F3N2O3. The number of hydrogen-bond donors (Lipinski definition) is 2. The molecule has 8 heteroatoms. The Balaban J connectivity index is 3.98. The fraction of sp³-hybridized carbons (Fsp3) is 0.818. The Morgan fingerprint density at radius 1 is 1.37 bits per heavy atom. The summed E-state index contributed by atoms with van der Waals surface area (Å²) < 4.78 is 36.4. The highest BCUT2D eigenvalue weighted by atomic mass is 19.4. The molecule has 0 aliphatic heterocycles. The maximum absolute atomic E-state index is 12.1. The lowest BCUT2D eigenvalue weighted by Crippen LogP contribution is -2.44. The number of halogens is 3. The molecular weight excluding hydrogens is 265 g/mol. The van der Waals surface area contributed by atoms with Crippen molar-refractivity contribution in [3.8, 4) is 0 Å². The number of nitrogens with zero attached hydrogens (tertiary/aromatic N) is 1. The van der Waals surface area contributed by atoms with Crippen LogP contribution in [0.3, 0.4) is 0 Å². The van der Waals surface area contributed by atoms with Gasteiger partial charge in [0.2, 0.25) is 0 Å². The molecule has 2 amide bonds. The Kier molecular flexibility index (Phi) is 7.25. The van der Waals surface area contributed by atoms with Crippen LogP contribution in [0.1, 0.15) is 26.7 Å². The second-order valence-electron chi connectivity index (χ2n) is 4.24. The normalized spacial score (nSPS) is 12.9. The topological polar surface area (TPSA) is 69.6 Å². The summed E-state index contributed by atoms with van der Waals surface area (Å²) in [7, 11) is 0. The summed E-state index contributed by atoms with van der Waals surface area (Å²) in [4.78, 5) is 22.6. The van der Waals surface area contributed by atoms with Crippen LogP contribution in [0.15, 0.2) is 0 Å². The van der Waals surface area contributed by atoms with Crippen LogP contribution < -0.4 is 5.32 Å². The molecule has 5 nitrogen and oxygen atoms in total. The third-order valence-electron chi connectivity index (χ3n) is 2.55. The molecule has 1 atom stereocenters. The van der Waals surface area contributed by atoms with Crippen LogP contribution in [-0.2, 0) is 4.79 Å². The van der Waals surface area contributed by atoms with Gasteiger partial charge in [0.1, 0.15) is 6.54 Å². The van der Waals surface area contributed by atoms with E-state index in [2.05, 4.69) is 5.32 Å². The van der Waals surface area contributed by atoms with E-state index in [9.17, 15) is 22.8 Å². The van der Waals surface area contributed by atoms with Gasteiger partial charge in [-0.25, -0.2) is 4.79 Å². The largest absolute Gasteiger partial charge is 0.481 e. The summed E-state index contributed by atoms with van der Waals surface area (Å²) in [5.41, 5.74) is 0. The molecule has 0 rings (SSSR count). The van der Waals surface area contributed by atoms with Gasteiger partial charge < -0.3 is 15.3 Å². The van der Waals surface area contributed by atoms with Crippen molar-refractivity contribution in [1.29, 1.82) is 0 Å². The number of rotatable bonds is 7. The number of carboxylic acids is 1. The van der Waals surface area contributed by atoms with Crippen molar-refractivity contribution in [3.63, 3.8) is 0 Å². The summed E-state index contributed by atoms with van der Waals surface area (Å²) in [6.07, 6.45) is -3.66. The van der Waals surface area contributed by atoms with Crippen molar-refractivity contribution >= 4 is 12.0 Å². The van der Waals surface area contributed by atoms with Crippen LogP contribution in [0.25, 0.3) is 0 Å². The quantitative estimate of drug-likeness (QED) is 0.703. The van der Waals surface area contributed by atoms with Crippen molar-refractivity contribution < 1.29 is 27.9 Å². The van der Waals surface area contributed by atoms with Gasteiger partial charge in [-0.2, -0.15) is 13.2 Å². The number of carbonyl (C=O) groups excluding carboxylic acids is 1. The number of nitrogens with one attached hydrogen (secondary N) is 1. The number of hydrogen-bond acceptors (Lipinski definition) is 2. The van der Waals surface area contributed by atoms with E-state index in [1.54, 1.807) is 0 Å². The third-order valence-corrected chi connectivity index (χ3v) is 2.55. The zero-order valence-corrected chi connectivity index (χ0v) is 11.0. The van der Waals surface area contributed by atoms with E-state index in [0.717, 1.165) is 0 Å². The van der Waals surface area contributed by atoms with E-state index in [-0.39, 0.29) is 13.1 Å². The first-order chi connectivity index (χ1) is 8.67. The second kappa shape index (κ2) is 7.85. The lowest BCUT2D eigenvalue weighted by molar-refractivity contribution is -0.141. The van der Waals surface area contributed by atoms with Crippen molar-refractivity contribution in [3.05, 3.63) is 0 Å². The number of carbonyl (C=O) groups is 2. The van der Waals surface area contributed by atoms with Crippen molar-refractivity contribution in [1.82, 2.24) is 10.2 Å². The van der Waals surface area contributed by atoms with Crippen LogP contribution in [0.5, 0.6) is 0 Å². The van der Waals surface area contributed by atoms with E-state index in [4.69, 9.17) is 5.11 Å². The average Bonchev–Trinajstić information content (AvgIpc) is 2.29. The zero-order valence-electron chi connectivity index (χ0n) is 11.0. The maximum Gasteiger partial charge on any atom is 0.406 e. The highest BCUT2D eigenvalue weighted by Crippen LogP contribution is 2.16. The van der Waals surface area contributed by atoms with E-state index in [0.29, 0.717) is 17.7 Å². The lowest BCUT2D eigenvalue weighted by atomic mass is 10.1. The molecule has 0 saturated heterocycles. The van der Waals surface area contributed by atoms with Crippen LogP contribution >= 0.6 is 0 Å². The van der Waals surface area contributed by atoms with Gasteiger partial charge in [-0.1, -0.05) is 6.92 Å². The summed E-state index contributed by atoms with van der Waals surface area (Å²) >= 11 is 0. The molecule has 1 unspecified atom stereocenters. The summed E-state index contributed by atoms with van der Waals surface area (Å²) in [5.74, 6) is -1.46. The molecule has 0 aromatic carbocycles. The SMILES string of the molecule is CCN(CC(F)(F)F)C(=O)NCCCC(C)C(=O)O. The first-order valence-electron chi connectivity index (χ1n) is 5.99. The van der Waals surface area contributed by atoms with Gasteiger partial charge in [0, 0.05) is 13.1 Å². The molecule has 0 fully saturated rings. The second-order valence-corrected chi connectivity index (χ2v) is 4.24. The van der Waals surface area contributed by atoms with Crippen LogP contribution in [0.2, 0.25) is 0 Å². The Bertz CT molecular complexity index is 308. The average molecular weight is 284 g/mol. The fourth-order valence-electron chi connectivity index (χ4n) is 1.38. The first kappa shape index (κ1) is 17.5. The zero-order chi connectivity index (χ0) is 15.1. The number of urea groups is 1. The van der Waals surface area contributed by atoms with Crippen molar-refractivity contribution in [2.45, 2.75) is 32.9 Å². The minimum atomic E-state index is -4.43. The Labute approximate surface area is 109 Å². The van der Waals surface area contributed by atoms with Gasteiger partial charge in [-0.3, -0.25) is 4.79 Å². The minimum absolute atomic E-state index is 0.0448. The van der Waals surface area contributed by atoms with E-state index < -0.39 is 30.6 Å². The molecule has 19 heavy (non-hydrogen) atoms. The molecule has 2 N–H and O–H groups in total. The Hall–Kier alpha value is -1.47. The number of aliphatic carboxylic acids is 1. The molecule has 0 aromatic heterocycles. The highest BCUT2D eigenvalue weighted by molar-refractivity contribution is 5.74. The van der Waals surface area contributed by atoms with Crippen molar-refractivity contribution in [2.75, 3.05) is 19.6 Å². The number of alkyl halides is 3. The van der Waals surface area contributed by atoms with Gasteiger partial charge in [0.25, 0.3) is 0 Å². The molecule has 0 spiro atoms. The third kappa shape index (κ3) is 8.28. The summed E-state index contributed by atoms with van der Waals surface area (Å²) in [6, 6.07) is -0.789. The van der Waals surface area contributed by atoms with Gasteiger partial charge in [0.15, 0.2) is 0 Å². The molecule has 0 radical (unpaired) electrons. The number of carboxylic acid groups (broad SMARTS) is 1. The van der Waals surface area contributed by atoms with Crippen molar-refractivity contribution in [2.24, 2.45) is 5.92 Å². The summed E-state index contributed by atoms with van der Waals surface area (Å²) in [6.45, 7) is 1.81. The molecule has 112 valence electrons. The molecule has 0 aliphatic carbocycles. The highest BCUT2D eigenvalue weighted by Gasteiger charge is 2.32. The van der Waals surface area contributed by atoms with Gasteiger partial charge in [0.05, 0.1) is 5.92 Å².